The normalized spacial score (nSPS) is 5.50. The quantitative estimate of drug-likeness (QED) is 0.276. The van der Waals surface area contributed by atoms with Crippen LogP contribution in [0.25, 0.3) is 0 Å². The van der Waals surface area contributed by atoms with Crippen molar-refractivity contribution < 1.29 is 83.6 Å². The minimum atomic E-state index is -1.82. The summed E-state index contributed by atoms with van der Waals surface area (Å²) in [4.78, 5) is 18.2. The number of halogens is 1. The maximum absolute atomic E-state index is 9.10. The van der Waals surface area contributed by atoms with E-state index in [-0.39, 0.29) is 63.8 Å². The molecule has 0 rings (SSSR count). The van der Waals surface area contributed by atoms with Crippen LogP contribution in [0, 0.1) is 0 Å². The van der Waals surface area contributed by atoms with Gasteiger partial charge in [-0.25, -0.2) is 9.59 Å². The van der Waals surface area contributed by atoms with Crippen LogP contribution in [0.4, 0.5) is 0 Å². The van der Waals surface area contributed by atoms with Crippen molar-refractivity contribution in [3.05, 3.63) is 0 Å². The molecular formula is C2H2ClKO4. The maximum atomic E-state index is 9.10. The standard InChI is InChI=1S/C2H2O4.ClH.K/c3-1(4)2(5)6;;/h(H,3,4)(H,5,6);1H;/q;;+1/p-1. The number of hydrogen-bond donors (Lipinski definition) is 2. The summed E-state index contributed by atoms with van der Waals surface area (Å²) >= 11 is 0. The molecule has 0 fully saturated rings. The van der Waals surface area contributed by atoms with E-state index >= 15 is 0 Å². The Hall–Kier alpha value is 0.866. The summed E-state index contributed by atoms with van der Waals surface area (Å²) in [7, 11) is 0. The predicted octanol–water partition coefficient (Wildman–Crippen LogP) is -6.84. The molecule has 0 aliphatic rings. The van der Waals surface area contributed by atoms with Crippen molar-refractivity contribution >= 4 is 11.9 Å². The molecule has 6 heteroatoms. The number of hydrogen-bond acceptors (Lipinski definition) is 2. The molecule has 0 aromatic carbocycles. The number of carboxylic acid groups (broad SMARTS) is 2. The second kappa shape index (κ2) is 7.87. The van der Waals surface area contributed by atoms with Gasteiger partial charge >= 0.3 is 63.3 Å². The summed E-state index contributed by atoms with van der Waals surface area (Å²) in [6, 6.07) is 0. The minimum absolute atomic E-state index is 0. The van der Waals surface area contributed by atoms with E-state index in [1.165, 1.54) is 0 Å². The van der Waals surface area contributed by atoms with Crippen molar-refractivity contribution in [2.45, 2.75) is 0 Å². The van der Waals surface area contributed by atoms with Gasteiger partial charge in [0, 0.05) is 0 Å². The first-order valence-electron chi connectivity index (χ1n) is 1.11. The van der Waals surface area contributed by atoms with Crippen molar-refractivity contribution in [3.63, 3.8) is 0 Å². The van der Waals surface area contributed by atoms with Crippen LogP contribution in [0.5, 0.6) is 0 Å². The van der Waals surface area contributed by atoms with Crippen molar-refractivity contribution in [2.24, 2.45) is 0 Å². The molecule has 0 aromatic rings. The van der Waals surface area contributed by atoms with Gasteiger partial charge < -0.3 is 22.6 Å². The molecule has 0 atom stereocenters. The molecule has 0 saturated carbocycles. The molecule has 0 aliphatic heterocycles. The van der Waals surface area contributed by atoms with Crippen LogP contribution in [0.2, 0.25) is 0 Å². The van der Waals surface area contributed by atoms with Crippen molar-refractivity contribution in [1.29, 1.82) is 0 Å². The Balaban J connectivity index is -0.000000125. The first kappa shape index (κ1) is 15.9. The third-order valence-electron chi connectivity index (χ3n) is 0.183. The van der Waals surface area contributed by atoms with Gasteiger partial charge in [0.25, 0.3) is 0 Å². The monoisotopic (exact) mass is 164 g/mol. The van der Waals surface area contributed by atoms with E-state index in [0.717, 1.165) is 0 Å². The number of aliphatic carboxylic acids is 2. The zero-order valence-corrected chi connectivity index (χ0v) is 7.97. The van der Waals surface area contributed by atoms with Crippen LogP contribution >= 0.6 is 0 Å². The third kappa shape index (κ3) is 9.98. The first-order chi connectivity index (χ1) is 2.64. The van der Waals surface area contributed by atoms with Gasteiger partial charge in [-0.2, -0.15) is 0 Å². The number of carboxylic acids is 2. The van der Waals surface area contributed by atoms with E-state index in [1.54, 1.807) is 0 Å². The molecule has 42 valence electrons. The van der Waals surface area contributed by atoms with Crippen molar-refractivity contribution in [3.8, 4) is 0 Å². The average Bonchev–Trinajstić information content (AvgIpc) is 1.36. The predicted molar refractivity (Wildman–Crippen MR) is 15.3 cm³/mol. The summed E-state index contributed by atoms with van der Waals surface area (Å²) in [6.45, 7) is 0. The maximum Gasteiger partial charge on any atom is 1.00 e. The Morgan fingerprint density at radius 2 is 1.12 bits per heavy atom. The SMILES string of the molecule is O=C(O)C(=O)O.[Cl-].[K+]. The van der Waals surface area contributed by atoms with E-state index in [4.69, 9.17) is 19.8 Å². The Morgan fingerprint density at radius 3 is 1.12 bits per heavy atom. The molecule has 0 aliphatic carbocycles. The first-order valence-corrected chi connectivity index (χ1v) is 1.11. The summed E-state index contributed by atoms with van der Waals surface area (Å²) in [5.74, 6) is -3.65. The molecule has 0 bridgehead atoms. The van der Waals surface area contributed by atoms with E-state index in [1.807, 2.05) is 0 Å². The second-order valence-electron chi connectivity index (χ2n) is 0.610. The van der Waals surface area contributed by atoms with Gasteiger partial charge in [0.1, 0.15) is 0 Å². The fourth-order valence-electron chi connectivity index (χ4n) is 0. The van der Waals surface area contributed by atoms with Crippen LogP contribution in [-0.4, -0.2) is 22.2 Å². The second-order valence-corrected chi connectivity index (χ2v) is 0.610. The van der Waals surface area contributed by atoms with E-state index in [0.29, 0.717) is 0 Å². The van der Waals surface area contributed by atoms with E-state index in [9.17, 15) is 0 Å². The summed E-state index contributed by atoms with van der Waals surface area (Å²) in [5, 5.41) is 14.8. The zero-order valence-electron chi connectivity index (χ0n) is 4.09. The van der Waals surface area contributed by atoms with E-state index in [2.05, 4.69) is 0 Å². The van der Waals surface area contributed by atoms with Gasteiger partial charge in [-0.05, 0) is 0 Å². The van der Waals surface area contributed by atoms with Crippen LogP contribution in [0.1, 0.15) is 0 Å². The molecule has 0 spiro atoms. The number of carbonyl (C=O) groups is 2. The Morgan fingerprint density at radius 1 is 1.00 bits per heavy atom. The summed E-state index contributed by atoms with van der Waals surface area (Å²) in [6.07, 6.45) is 0. The minimum Gasteiger partial charge on any atom is -1.00 e. The molecule has 0 radical (unpaired) electrons. The van der Waals surface area contributed by atoms with Crippen LogP contribution in [0.3, 0.4) is 0 Å². The van der Waals surface area contributed by atoms with Crippen LogP contribution in [-0.2, 0) is 9.59 Å². The zero-order chi connectivity index (χ0) is 5.15. The number of rotatable bonds is 0. The van der Waals surface area contributed by atoms with Crippen LogP contribution < -0.4 is 63.8 Å². The van der Waals surface area contributed by atoms with E-state index < -0.39 is 11.9 Å². The van der Waals surface area contributed by atoms with Gasteiger partial charge in [0.15, 0.2) is 0 Å². The topological polar surface area (TPSA) is 74.6 Å². The van der Waals surface area contributed by atoms with Gasteiger partial charge in [-0.3, -0.25) is 0 Å². The molecule has 0 amide bonds. The van der Waals surface area contributed by atoms with Gasteiger partial charge in [-0.15, -0.1) is 0 Å². The third-order valence-corrected chi connectivity index (χ3v) is 0.183. The summed E-state index contributed by atoms with van der Waals surface area (Å²) in [5.41, 5.74) is 0. The molecule has 0 unspecified atom stereocenters. The Kier molecular flexibility index (Phi) is 15.7. The molecular weight excluding hydrogens is 163 g/mol. The van der Waals surface area contributed by atoms with Crippen LogP contribution in [0.15, 0.2) is 0 Å². The Labute approximate surface area is 94.1 Å². The largest absolute Gasteiger partial charge is 1.00 e. The van der Waals surface area contributed by atoms with Gasteiger partial charge in [0.05, 0.1) is 0 Å². The van der Waals surface area contributed by atoms with Gasteiger partial charge in [0.2, 0.25) is 0 Å². The van der Waals surface area contributed by atoms with Crippen molar-refractivity contribution in [1.82, 2.24) is 0 Å². The van der Waals surface area contributed by atoms with Gasteiger partial charge in [-0.1, -0.05) is 0 Å². The molecule has 0 aromatic heterocycles. The molecule has 0 heterocycles. The molecule has 0 saturated heterocycles. The summed E-state index contributed by atoms with van der Waals surface area (Å²) < 4.78 is 0. The fraction of sp³-hybridized carbons (Fsp3) is 0. The van der Waals surface area contributed by atoms with Crippen molar-refractivity contribution in [2.75, 3.05) is 0 Å². The molecule has 2 N–H and O–H groups in total. The fourth-order valence-corrected chi connectivity index (χ4v) is 0. The molecule has 4 nitrogen and oxygen atoms in total. The smallest absolute Gasteiger partial charge is 1.00 e. The molecule has 8 heavy (non-hydrogen) atoms. The average molecular weight is 165 g/mol. The Bertz CT molecular complexity index is 80.0.